The maximum absolute atomic E-state index is 11.5. The fourth-order valence-corrected chi connectivity index (χ4v) is 1.33. The van der Waals surface area contributed by atoms with Crippen molar-refractivity contribution in [3.8, 4) is 0 Å². The summed E-state index contributed by atoms with van der Waals surface area (Å²) in [4.78, 5) is 22.9. The van der Waals surface area contributed by atoms with E-state index in [9.17, 15) is 9.59 Å². The molecule has 2 amide bonds. The largest absolute Gasteiger partial charge is 0.273 e. The maximum Gasteiger partial charge on any atom is 0.240 e. The van der Waals surface area contributed by atoms with Gasteiger partial charge in [-0.3, -0.25) is 9.59 Å². The van der Waals surface area contributed by atoms with Gasteiger partial charge in [-0.1, -0.05) is 20.3 Å². The fraction of sp³-hybridized carbons (Fsp3) is 0.733. The third kappa shape index (κ3) is 11.8. The Morgan fingerprint density at radius 2 is 1.14 bits per heavy atom. The second kappa shape index (κ2) is 12.1. The summed E-state index contributed by atoms with van der Waals surface area (Å²) in [7, 11) is 0. The van der Waals surface area contributed by atoms with Crippen LogP contribution in [0.3, 0.4) is 0 Å². The molecule has 0 unspecified atom stereocenters. The number of carbonyl (C=O) groups is 2. The smallest absolute Gasteiger partial charge is 0.240 e. The highest BCUT2D eigenvalue weighted by atomic mass is 16.2. The van der Waals surface area contributed by atoms with Crippen LogP contribution < -0.4 is 10.9 Å². The molecule has 0 spiro atoms. The van der Waals surface area contributed by atoms with Crippen molar-refractivity contribution in [3.63, 3.8) is 0 Å². The molecular weight excluding hydrogens is 268 g/mol. The molecule has 0 aromatic rings. The van der Waals surface area contributed by atoms with Crippen LogP contribution in [-0.2, 0) is 9.59 Å². The van der Waals surface area contributed by atoms with Crippen LogP contribution in [0, 0.1) is 0 Å². The first-order chi connectivity index (χ1) is 9.99. The summed E-state index contributed by atoms with van der Waals surface area (Å²) in [6.45, 7) is 7.73. The number of hydrogen-bond acceptors (Lipinski definition) is 4. The molecule has 0 rings (SSSR count). The summed E-state index contributed by atoms with van der Waals surface area (Å²) in [5.74, 6) is -0.147. The summed E-state index contributed by atoms with van der Waals surface area (Å²) in [6.07, 6.45) is 4.90. The highest BCUT2D eigenvalue weighted by molar-refractivity contribution is 5.84. The molecule has 0 aliphatic rings. The quantitative estimate of drug-likeness (QED) is 0.369. The third-order valence-electron chi connectivity index (χ3n) is 3.07. The Morgan fingerprint density at radius 3 is 1.48 bits per heavy atom. The van der Waals surface area contributed by atoms with Gasteiger partial charge in [-0.25, -0.2) is 10.9 Å². The van der Waals surface area contributed by atoms with Gasteiger partial charge in [-0.15, -0.1) is 0 Å². The van der Waals surface area contributed by atoms with Crippen LogP contribution in [0.4, 0.5) is 0 Å². The van der Waals surface area contributed by atoms with Gasteiger partial charge in [0.25, 0.3) is 0 Å². The number of nitrogens with zero attached hydrogens (tertiary/aromatic N) is 2. The molecule has 0 bridgehead atoms. The SMILES string of the molecule is CCC(C)=NNC(=O)CCCCCC(=O)NN=C(C)CC. The van der Waals surface area contributed by atoms with Gasteiger partial charge < -0.3 is 0 Å². The Morgan fingerprint density at radius 1 is 0.762 bits per heavy atom. The molecule has 0 atom stereocenters. The summed E-state index contributed by atoms with van der Waals surface area (Å²) < 4.78 is 0. The minimum Gasteiger partial charge on any atom is -0.273 e. The summed E-state index contributed by atoms with van der Waals surface area (Å²) >= 11 is 0. The summed E-state index contributed by atoms with van der Waals surface area (Å²) in [5, 5.41) is 7.91. The lowest BCUT2D eigenvalue weighted by Crippen LogP contribution is -2.19. The average Bonchev–Trinajstić information content (AvgIpc) is 2.49. The van der Waals surface area contributed by atoms with E-state index in [4.69, 9.17) is 0 Å². The molecule has 6 heteroatoms. The molecule has 0 aromatic carbocycles. The zero-order valence-electron chi connectivity index (χ0n) is 13.7. The van der Waals surface area contributed by atoms with Crippen LogP contribution >= 0.6 is 0 Å². The molecule has 2 N–H and O–H groups in total. The van der Waals surface area contributed by atoms with Gasteiger partial charge in [-0.2, -0.15) is 10.2 Å². The highest BCUT2D eigenvalue weighted by Gasteiger charge is 2.02. The molecule has 0 fully saturated rings. The monoisotopic (exact) mass is 296 g/mol. The fourth-order valence-electron chi connectivity index (χ4n) is 1.33. The molecule has 0 heterocycles. The summed E-state index contributed by atoms with van der Waals surface area (Å²) in [6, 6.07) is 0. The van der Waals surface area contributed by atoms with Crippen LogP contribution in [0.2, 0.25) is 0 Å². The van der Waals surface area contributed by atoms with Crippen molar-refractivity contribution in [1.29, 1.82) is 0 Å². The molecule has 0 radical (unpaired) electrons. The van der Waals surface area contributed by atoms with E-state index >= 15 is 0 Å². The first-order valence-corrected chi connectivity index (χ1v) is 7.63. The minimum absolute atomic E-state index is 0.0737. The first kappa shape index (κ1) is 19.3. The third-order valence-corrected chi connectivity index (χ3v) is 3.07. The van der Waals surface area contributed by atoms with Gasteiger partial charge in [0.2, 0.25) is 11.8 Å². The Kier molecular flexibility index (Phi) is 11.1. The Labute approximate surface area is 127 Å². The second-order valence-corrected chi connectivity index (χ2v) is 5.03. The van der Waals surface area contributed by atoms with Crippen molar-refractivity contribution >= 4 is 23.2 Å². The lowest BCUT2D eigenvalue weighted by molar-refractivity contribution is -0.121. The van der Waals surface area contributed by atoms with E-state index in [-0.39, 0.29) is 11.8 Å². The number of carbonyl (C=O) groups excluding carboxylic acids is 2. The summed E-state index contributed by atoms with van der Waals surface area (Å²) in [5.41, 5.74) is 6.86. The lowest BCUT2D eigenvalue weighted by atomic mass is 10.1. The molecule has 0 aromatic heterocycles. The van der Waals surface area contributed by atoms with Gasteiger partial charge >= 0.3 is 0 Å². The van der Waals surface area contributed by atoms with Crippen molar-refractivity contribution in [2.24, 2.45) is 10.2 Å². The van der Waals surface area contributed by atoms with Gasteiger partial charge in [0.05, 0.1) is 0 Å². The first-order valence-electron chi connectivity index (χ1n) is 7.63. The Bertz CT molecular complexity index is 353. The van der Waals surface area contributed by atoms with E-state index in [2.05, 4.69) is 21.1 Å². The van der Waals surface area contributed by atoms with E-state index in [0.717, 1.165) is 43.5 Å². The van der Waals surface area contributed by atoms with E-state index in [1.165, 1.54) is 0 Å². The zero-order chi connectivity index (χ0) is 16.1. The Hall–Kier alpha value is -1.72. The molecular formula is C15H28N4O2. The molecule has 0 aliphatic heterocycles. The molecule has 0 saturated carbocycles. The van der Waals surface area contributed by atoms with Gasteiger partial charge in [0.1, 0.15) is 0 Å². The molecule has 0 saturated heterocycles. The van der Waals surface area contributed by atoms with Crippen LogP contribution in [-0.4, -0.2) is 23.2 Å². The van der Waals surface area contributed by atoms with Crippen LogP contribution in [0.5, 0.6) is 0 Å². The number of amides is 2. The van der Waals surface area contributed by atoms with Crippen molar-refractivity contribution in [1.82, 2.24) is 10.9 Å². The van der Waals surface area contributed by atoms with Gasteiger partial charge in [0, 0.05) is 24.3 Å². The van der Waals surface area contributed by atoms with E-state index in [1.54, 1.807) is 0 Å². The highest BCUT2D eigenvalue weighted by Crippen LogP contribution is 2.03. The van der Waals surface area contributed by atoms with Crippen LogP contribution in [0.1, 0.15) is 72.6 Å². The molecule has 21 heavy (non-hydrogen) atoms. The van der Waals surface area contributed by atoms with Crippen molar-refractivity contribution in [2.75, 3.05) is 0 Å². The minimum atomic E-state index is -0.0737. The van der Waals surface area contributed by atoms with E-state index in [0.29, 0.717) is 12.8 Å². The number of hydrogen-bond donors (Lipinski definition) is 2. The topological polar surface area (TPSA) is 82.9 Å². The van der Waals surface area contributed by atoms with Crippen molar-refractivity contribution < 1.29 is 9.59 Å². The van der Waals surface area contributed by atoms with Crippen LogP contribution in [0.15, 0.2) is 10.2 Å². The number of hydrazone groups is 2. The van der Waals surface area contributed by atoms with Gasteiger partial charge in [0.15, 0.2) is 0 Å². The molecule has 6 nitrogen and oxygen atoms in total. The number of unbranched alkanes of at least 4 members (excludes halogenated alkanes) is 2. The average molecular weight is 296 g/mol. The predicted molar refractivity (Wildman–Crippen MR) is 86.2 cm³/mol. The lowest BCUT2D eigenvalue weighted by Gasteiger charge is -2.02. The maximum atomic E-state index is 11.5. The molecule has 120 valence electrons. The van der Waals surface area contributed by atoms with Crippen molar-refractivity contribution in [2.45, 2.75) is 72.6 Å². The number of rotatable bonds is 10. The van der Waals surface area contributed by atoms with E-state index in [1.807, 2.05) is 27.7 Å². The predicted octanol–water partition coefficient (Wildman–Crippen LogP) is 2.74. The normalized spacial score (nSPS) is 12.2. The van der Waals surface area contributed by atoms with Crippen LogP contribution in [0.25, 0.3) is 0 Å². The van der Waals surface area contributed by atoms with E-state index < -0.39 is 0 Å². The number of nitrogens with one attached hydrogen (secondary N) is 2. The Balaban J connectivity index is 3.64. The van der Waals surface area contributed by atoms with Crippen molar-refractivity contribution in [3.05, 3.63) is 0 Å². The van der Waals surface area contributed by atoms with Gasteiger partial charge in [-0.05, 0) is 39.5 Å². The standard InChI is InChI=1S/C15H28N4O2/c1-5-12(3)16-18-14(20)10-8-7-9-11-15(21)19-17-13(4)6-2/h5-11H2,1-4H3,(H,18,20)(H,19,21). The second-order valence-electron chi connectivity index (χ2n) is 5.03. The molecule has 0 aliphatic carbocycles. The zero-order valence-corrected chi connectivity index (χ0v) is 13.7.